The first-order valence-electron chi connectivity index (χ1n) is 7.13. The van der Waals surface area contributed by atoms with Crippen LogP contribution >= 0.6 is 0 Å². The molecule has 5 nitrogen and oxygen atoms in total. The normalized spacial score (nSPS) is 21.9. The van der Waals surface area contributed by atoms with Crippen LogP contribution in [0, 0.1) is 5.82 Å². The van der Waals surface area contributed by atoms with E-state index in [9.17, 15) is 4.39 Å². The second-order valence-corrected chi connectivity index (χ2v) is 5.50. The zero-order valence-electron chi connectivity index (χ0n) is 11.1. The Balaban J connectivity index is 1.70. The molecule has 0 amide bonds. The molecule has 1 fully saturated rings. The van der Waals surface area contributed by atoms with Gasteiger partial charge in [0.05, 0.1) is 17.9 Å². The van der Waals surface area contributed by atoms with Gasteiger partial charge in [0.1, 0.15) is 5.82 Å². The van der Waals surface area contributed by atoms with E-state index in [1.54, 1.807) is 6.07 Å². The Hall–Kier alpha value is -1.98. The van der Waals surface area contributed by atoms with Gasteiger partial charge in [0, 0.05) is 12.5 Å². The molecule has 0 radical (unpaired) electrons. The van der Waals surface area contributed by atoms with Gasteiger partial charge in [-0.2, -0.15) is 10.1 Å². The molecule has 1 saturated carbocycles. The maximum Gasteiger partial charge on any atom is 0.222 e. The van der Waals surface area contributed by atoms with Crippen molar-refractivity contribution in [3.63, 3.8) is 0 Å². The molecule has 0 aromatic carbocycles. The van der Waals surface area contributed by atoms with Crippen molar-refractivity contribution in [2.24, 2.45) is 0 Å². The number of hydrogen-bond acceptors (Lipinski definition) is 4. The first-order valence-corrected chi connectivity index (χ1v) is 7.13. The third-order valence-electron chi connectivity index (χ3n) is 4.21. The van der Waals surface area contributed by atoms with Crippen molar-refractivity contribution < 1.29 is 4.39 Å². The highest BCUT2D eigenvalue weighted by Crippen LogP contribution is 2.36. The predicted molar refractivity (Wildman–Crippen MR) is 72.1 cm³/mol. The number of pyridine rings is 1. The van der Waals surface area contributed by atoms with E-state index in [2.05, 4.69) is 20.4 Å². The largest absolute Gasteiger partial charge is 0.354 e. The predicted octanol–water partition coefficient (Wildman–Crippen LogP) is 2.48. The number of anilines is 1. The van der Waals surface area contributed by atoms with E-state index in [1.807, 2.05) is 4.68 Å². The molecular formula is C14H16FN5. The molecule has 1 aliphatic heterocycles. The van der Waals surface area contributed by atoms with Gasteiger partial charge in [-0.15, -0.1) is 0 Å². The molecular weight excluding hydrogens is 257 g/mol. The van der Waals surface area contributed by atoms with Crippen molar-refractivity contribution in [1.29, 1.82) is 0 Å². The second-order valence-electron chi connectivity index (χ2n) is 5.50. The summed E-state index contributed by atoms with van der Waals surface area (Å²) >= 11 is 0. The van der Waals surface area contributed by atoms with Crippen LogP contribution in [-0.2, 0) is 0 Å². The zero-order valence-corrected chi connectivity index (χ0v) is 11.1. The summed E-state index contributed by atoms with van der Waals surface area (Å²) in [5, 5.41) is 7.95. The molecule has 104 valence electrons. The van der Waals surface area contributed by atoms with Crippen LogP contribution in [0.1, 0.15) is 49.2 Å². The quantitative estimate of drug-likeness (QED) is 0.913. The molecule has 2 aromatic heterocycles. The molecule has 0 bridgehead atoms. The van der Waals surface area contributed by atoms with E-state index in [0.29, 0.717) is 5.92 Å². The first-order chi connectivity index (χ1) is 9.81. The Morgan fingerprint density at radius 3 is 2.85 bits per heavy atom. The van der Waals surface area contributed by atoms with Crippen molar-refractivity contribution in [3.05, 3.63) is 35.7 Å². The lowest BCUT2D eigenvalue weighted by Crippen LogP contribution is -2.25. The van der Waals surface area contributed by atoms with Gasteiger partial charge in [-0.3, -0.25) is 4.98 Å². The van der Waals surface area contributed by atoms with Crippen molar-refractivity contribution in [1.82, 2.24) is 19.7 Å². The molecule has 3 heterocycles. The molecule has 6 heteroatoms. The van der Waals surface area contributed by atoms with Gasteiger partial charge in [-0.05, 0) is 31.4 Å². The smallest absolute Gasteiger partial charge is 0.222 e. The van der Waals surface area contributed by atoms with E-state index in [-0.39, 0.29) is 11.9 Å². The maximum atomic E-state index is 13.0. The van der Waals surface area contributed by atoms with Gasteiger partial charge in [-0.1, -0.05) is 6.42 Å². The third kappa shape index (κ3) is 1.87. The lowest BCUT2D eigenvalue weighted by Gasteiger charge is -2.24. The average Bonchev–Trinajstić information content (AvgIpc) is 2.80. The summed E-state index contributed by atoms with van der Waals surface area (Å²) in [6, 6.07) is 3.24. The molecule has 2 aromatic rings. The Morgan fingerprint density at radius 1 is 1.25 bits per heavy atom. The molecule has 0 spiro atoms. The lowest BCUT2D eigenvalue weighted by molar-refractivity contribution is 0.392. The highest BCUT2D eigenvalue weighted by atomic mass is 19.1. The van der Waals surface area contributed by atoms with Gasteiger partial charge in [0.2, 0.25) is 5.95 Å². The monoisotopic (exact) mass is 273 g/mol. The first kappa shape index (κ1) is 11.8. The van der Waals surface area contributed by atoms with E-state index in [1.165, 1.54) is 31.5 Å². The van der Waals surface area contributed by atoms with E-state index in [4.69, 9.17) is 0 Å². The summed E-state index contributed by atoms with van der Waals surface area (Å²) in [5.74, 6) is 1.95. The standard InChI is InChI=1S/C14H16FN5/c15-10-4-5-11(17-8-10)12-6-7-16-14-18-13(19-20(12)14)9-2-1-3-9/h4-5,8-9,12H,1-3,6-7H2,(H,16,18,19). The van der Waals surface area contributed by atoms with Crippen LogP contribution in [0.25, 0.3) is 0 Å². The Bertz CT molecular complexity index is 617. The summed E-state index contributed by atoms with van der Waals surface area (Å²) in [6.07, 6.45) is 5.79. The minimum atomic E-state index is -0.309. The van der Waals surface area contributed by atoms with Gasteiger partial charge >= 0.3 is 0 Å². The number of nitrogens with one attached hydrogen (secondary N) is 1. The average molecular weight is 273 g/mol. The summed E-state index contributed by atoms with van der Waals surface area (Å²) in [6.45, 7) is 0.840. The van der Waals surface area contributed by atoms with Crippen LogP contribution < -0.4 is 5.32 Å². The van der Waals surface area contributed by atoms with Gasteiger partial charge in [-0.25, -0.2) is 9.07 Å². The molecule has 4 rings (SSSR count). The molecule has 2 aliphatic rings. The van der Waals surface area contributed by atoms with Crippen LogP contribution in [0.2, 0.25) is 0 Å². The molecule has 1 unspecified atom stereocenters. The zero-order chi connectivity index (χ0) is 13.5. The van der Waals surface area contributed by atoms with E-state index < -0.39 is 0 Å². The van der Waals surface area contributed by atoms with Crippen LogP contribution in [-0.4, -0.2) is 26.3 Å². The van der Waals surface area contributed by atoms with Crippen LogP contribution in [0.4, 0.5) is 10.3 Å². The molecule has 1 N–H and O–H groups in total. The van der Waals surface area contributed by atoms with Gasteiger partial charge < -0.3 is 5.32 Å². The van der Waals surface area contributed by atoms with Crippen molar-refractivity contribution in [3.8, 4) is 0 Å². The van der Waals surface area contributed by atoms with Crippen molar-refractivity contribution in [2.75, 3.05) is 11.9 Å². The second kappa shape index (κ2) is 4.54. The lowest BCUT2D eigenvalue weighted by atomic mass is 9.85. The van der Waals surface area contributed by atoms with Gasteiger partial charge in [0.25, 0.3) is 0 Å². The van der Waals surface area contributed by atoms with Gasteiger partial charge in [0.15, 0.2) is 5.82 Å². The SMILES string of the molecule is Fc1ccc(C2CCNc3nc(C4CCC4)nn32)nc1. The summed E-state index contributed by atoms with van der Waals surface area (Å²) < 4.78 is 14.9. The Labute approximate surface area is 116 Å². The summed E-state index contributed by atoms with van der Waals surface area (Å²) in [4.78, 5) is 8.80. The van der Waals surface area contributed by atoms with Crippen molar-refractivity contribution >= 4 is 5.95 Å². The van der Waals surface area contributed by atoms with E-state index in [0.717, 1.165) is 30.4 Å². The number of halogens is 1. The summed E-state index contributed by atoms with van der Waals surface area (Å²) in [5.41, 5.74) is 0.846. The number of hydrogen-bond donors (Lipinski definition) is 1. The van der Waals surface area contributed by atoms with Crippen molar-refractivity contribution in [2.45, 2.75) is 37.6 Å². The Morgan fingerprint density at radius 2 is 2.15 bits per heavy atom. The highest BCUT2D eigenvalue weighted by Gasteiger charge is 2.29. The summed E-state index contributed by atoms with van der Waals surface area (Å²) in [7, 11) is 0. The van der Waals surface area contributed by atoms with Crippen LogP contribution in [0.15, 0.2) is 18.3 Å². The number of rotatable bonds is 2. The molecule has 0 saturated heterocycles. The fourth-order valence-electron chi connectivity index (χ4n) is 2.82. The van der Waals surface area contributed by atoms with Crippen LogP contribution in [0.3, 0.4) is 0 Å². The Kier molecular flexibility index (Phi) is 2.68. The fourth-order valence-corrected chi connectivity index (χ4v) is 2.82. The molecule has 1 atom stereocenters. The topological polar surface area (TPSA) is 55.6 Å². The highest BCUT2D eigenvalue weighted by molar-refractivity contribution is 5.32. The third-order valence-corrected chi connectivity index (χ3v) is 4.21. The van der Waals surface area contributed by atoms with E-state index >= 15 is 0 Å². The fraction of sp³-hybridized carbons (Fsp3) is 0.500. The number of nitrogens with zero attached hydrogens (tertiary/aromatic N) is 4. The number of aromatic nitrogens is 4. The molecule has 1 aliphatic carbocycles. The number of fused-ring (bicyclic) bond motifs is 1. The molecule has 20 heavy (non-hydrogen) atoms. The van der Waals surface area contributed by atoms with Crippen LogP contribution in [0.5, 0.6) is 0 Å². The minimum Gasteiger partial charge on any atom is -0.354 e. The maximum absolute atomic E-state index is 13.0. The minimum absolute atomic E-state index is 0.0492.